The van der Waals surface area contributed by atoms with Gasteiger partial charge in [0.25, 0.3) is 0 Å². The van der Waals surface area contributed by atoms with Gasteiger partial charge in [-0.25, -0.2) is 0 Å². The van der Waals surface area contributed by atoms with Crippen LogP contribution in [0, 0.1) is 18.0 Å². The first-order chi connectivity index (χ1) is 19.5. The van der Waals surface area contributed by atoms with E-state index in [2.05, 4.69) is 76.2 Å². The monoisotopic (exact) mass is 722 g/mol. The third-order valence-electron chi connectivity index (χ3n) is 8.16. The third kappa shape index (κ3) is 5.80. The molecule has 0 saturated carbocycles. The SMILES string of the molecule is CCC(CC)C(=O)/C=C(\O)C(CC)CC.[Ir].[c-]1c(-c2ccccn2)c2cc3ccccc3c3c4ccccc4n1c23. The molecule has 5 heteroatoms. The van der Waals surface area contributed by atoms with Gasteiger partial charge in [-0.1, -0.05) is 105 Å². The summed E-state index contributed by atoms with van der Waals surface area (Å²) in [5.74, 6) is 0.547. The molecule has 0 aliphatic rings. The zero-order valence-electron chi connectivity index (χ0n) is 24.1. The summed E-state index contributed by atoms with van der Waals surface area (Å²) in [4.78, 5) is 16.3. The quantitative estimate of drug-likeness (QED) is 0.0968. The molecular weight excluding hydrogens is 685 g/mol. The Morgan fingerprint density at radius 3 is 2.15 bits per heavy atom. The van der Waals surface area contributed by atoms with Gasteiger partial charge in [0.15, 0.2) is 5.78 Å². The van der Waals surface area contributed by atoms with Crippen molar-refractivity contribution in [2.75, 3.05) is 0 Å². The number of aromatic nitrogens is 2. The van der Waals surface area contributed by atoms with Crippen LogP contribution < -0.4 is 0 Å². The molecule has 3 aromatic heterocycles. The van der Waals surface area contributed by atoms with Crippen LogP contribution in [0.1, 0.15) is 53.4 Å². The normalized spacial score (nSPS) is 11.9. The van der Waals surface area contributed by atoms with Crippen molar-refractivity contribution < 1.29 is 30.0 Å². The number of hydrogen-bond donors (Lipinski definition) is 1. The first kappa shape index (κ1) is 30.4. The van der Waals surface area contributed by atoms with Gasteiger partial charge in [0.1, 0.15) is 0 Å². The number of aliphatic hydroxyl groups excluding tert-OH is 1. The Hall–Kier alpha value is -3.53. The second kappa shape index (κ2) is 13.4. The number of hydrogen-bond acceptors (Lipinski definition) is 3. The van der Waals surface area contributed by atoms with Crippen molar-refractivity contribution in [3.63, 3.8) is 0 Å². The average molecular weight is 722 g/mol. The second-order valence-corrected chi connectivity index (χ2v) is 10.4. The molecule has 1 N–H and O–H groups in total. The smallest absolute Gasteiger partial charge is 0.162 e. The molecule has 0 amide bonds. The average Bonchev–Trinajstić information content (AvgIpc) is 3.53. The minimum Gasteiger partial charge on any atom is -0.512 e. The first-order valence-electron chi connectivity index (χ1n) is 14.5. The molecule has 0 fully saturated rings. The van der Waals surface area contributed by atoms with E-state index in [-0.39, 0.29) is 43.5 Å². The van der Waals surface area contributed by atoms with Gasteiger partial charge in [-0.05, 0) is 70.5 Å². The molecule has 3 heterocycles. The number of carbonyl (C=O) groups is 1. The van der Waals surface area contributed by atoms with Gasteiger partial charge in [-0.2, -0.15) is 0 Å². The minimum atomic E-state index is 0. The van der Waals surface area contributed by atoms with Gasteiger partial charge >= 0.3 is 0 Å². The van der Waals surface area contributed by atoms with Crippen molar-refractivity contribution in [2.45, 2.75) is 53.4 Å². The molecule has 0 unspecified atom stereocenters. The zero-order chi connectivity index (χ0) is 28.2. The van der Waals surface area contributed by atoms with E-state index in [1.165, 1.54) is 44.0 Å². The van der Waals surface area contributed by atoms with Crippen molar-refractivity contribution in [1.82, 2.24) is 9.38 Å². The van der Waals surface area contributed by atoms with E-state index in [0.29, 0.717) is 0 Å². The van der Waals surface area contributed by atoms with Crippen LogP contribution in [0.4, 0.5) is 0 Å². The number of fused-ring (bicyclic) bond motifs is 5. The van der Waals surface area contributed by atoms with Gasteiger partial charge < -0.3 is 9.51 Å². The Bertz CT molecular complexity index is 1760. The van der Waals surface area contributed by atoms with Crippen molar-refractivity contribution in [2.24, 2.45) is 11.8 Å². The molecule has 3 aromatic carbocycles. The van der Waals surface area contributed by atoms with Crippen LogP contribution in [0.5, 0.6) is 0 Å². The van der Waals surface area contributed by atoms with Gasteiger partial charge in [0.2, 0.25) is 0 Å². The van der Waals surface area contributed by atoms with Crippen molar-refractivity contribution >= 4 is 43.7 Å². The fourth-order valence-corrected chi connectivity index (χ4v) is 5.81. The summed E-state index contributed by atoms with van der Waals surface area (Å²) in [7, 11) is 0. The third-order valence-corrected chi connectivity index (χ3v) is 8.16. The van der Waals surface area contributed by atoms with Crippen molar-refractivity contribution in [3.05, 3.63) is 97.0 Å². The van der Waals surface area contributed by atoms with E-state index in [1.807, 2.05) is 46.0 Å². The van der Waals surface area contributed by atoms with Crippen LogP contribution in [0.3, 0.4) is 0 Å². The molecule has 0 aliphatic heterocycles. The number of allylic oxidation sites excluding steroid dienone is 2. The van der Waals surface area contributed by atoms with Crippen LogP contribution in [-0.2, 0) is 24.9 Å². The number of nitrogens with zero attached hydrogens (tertiary/aromatic N) is 2. The number of para-hydroxylation sites is 1. The summed E-state index contributed by atoms with van der Waals surface area (Å²) in [6, 6.07) is 25.5. The van der Waals surface area contributed by atoms with E-state index in [4.69, 9.17) is 0 Å². The number of aliphatic hydroxyl groups is 1. The van der Waals surface area contributed by atoms with E-state index < -0.39 is 0 Å². The minimum absolute atomic E-state index is 0. The van der Waals surface area contributed by atoms with Crippen LogP contribution in [0.2, 0.25) is 0 Å². The van der Waals surface area contributed by atoms with Gasteiger partial charge in [-0.3, -0.25) is 9.78 Å². The second-order valence-electron chi connectivity index (χ2n) is 10.4. The predicted molar refractivity (Wildman–Crippen MR) is 167 cm³/mol. The van der Waals surface area contributed by atoms with E-state index >= 15 is 0 Å². The number of ketones is 1. The maximum atomic E-state index is 11.7. The summed E-state index contributed by atoms with van der Waals surface area (Å²) >= 11 is 0. The molecule has 6 aromatic rings. The van der Waals surface area contributed by atoms with Crippen LogP contribution in [0.25, 0.3) is 49.2 Å². The molecule has 0 spiro atoms. The van der Waals surface area contributed by atoms with Gasteiger partial charge in [0.05, 0.1) is 5.76 Å². The molecular formula is C36H37IrN2O2-. The molecule has 213 valence electrons. The standard InChI is InChI=1S/C23H13N2.C13H24O2.Ir/c1-2-8-16-15(7-1)13-18-19(20-10-5-6-12-24-20)14-25-21-11-4-3-9-17(21)22(16)23(18)25;1-5-10(6-2)12(14)9-13(15)11(7-3)8-4;/h1-13H;9-11,14H,5-8H2,1-4H3;/q-1;;/b;12-9-;. The Labute approximate surface area is 255 Å². The molecule has 0 saturated heterocycles. The van der Waals surface area contributed by atoms with Crippen LogP contribution in [-0.4, -0.2) is 20.3 Å². The molecule has 0 atom stereocenters. The van der Waals surface area contributed by atoms with E-state index in [0.717, 1.165) is 36.9 Å². The largest absolute Gasteiger partial charge is 0.512 e. The zero-order valence-corrected chi connectivity index (χ0v) is 26.5. The topological polar surface area (TPSA) is 54.6 Å². The van der Waals surface area contributed by atoms with E-state index in [1.54, 1.807) is 0 Å². The van der Waals surface area contributed by atoms with E-state index in [9.17, 15) is 9.90 Å². The summed E-state index contributed by atoms with van der Waals surface area (Å²) in [6.07, 6.45) is 10.3. The summed E-state index contributed by atoms with van der Waals surface area (Å²) in [6.45, 7) is 8.07. The summed E-state index contributed by atoms with van der Waals surface area (Å²) < 4.78 is 2.20. The maximum absolute atomic E-state index is 11.7. The molecule has 41 heavy (non-hydrogen) atoms. The fourth-order valence-electron chi connectivity index (χ4n) is 5.81. The Morgan fingerprint density at radius 1 is 0.854 bits per heavy atom. The maximum Gasteiger partial charge on any atom is 0.162 e. The van der Waals surface area contributed by atoms with Crippen molar-refractivity contribution in [3.8, 4) is 11.3 Å². The Morgan fingerprint density at radius 2 is 1.49 bits per heavy atom. The number of carbonyl (C=O) groups excluding carboxylic acids is 1. The Balaban J connectivity index is 0.000000212. The summed E-state index contributed by atoms with van der Waals surface area (Å²) in [5, 5.41) is 16.1. The molecule has 0 bridgehead atoms. The summed E-state index contributed by atoms with van der Waals surface area (Å²) in [5.41, 5.74) is 4.46. The first-order valence-corrected chi connectivity index (χ1v) is 14.5. The number of pyridine rings is 1. The number of rotatable bonds is 8. The van der Waals surface area contributed by atoms with Crippen LogP contribution in [0.15, 0.2) is 90.8 Å². The fraction of sp³-hybridized carbons (Fsp3) is 0.278. The molecule has 1 radical (unpaired) electrons. The molecule has 0 aliphatic carbocycles. The molecule has 6 rings (SSSR count). The van der Waals surface area contributed by atoms with Gasteiger partial charge in [-0.15, -0.1) is 0 Å². The Kier molecular flexibility index (Phi) is 9.96. The predicted octanol–water partition coefficient (Wildman–Crippen LogP) is 9.57. The van der Waals surface area contributed by atoms with Crippen molar-refractivity contribution in [1.29, 1.82) is 0 Å². The van der Waals surface area contributed by atoms with Crippen LogP contribution >= 0.6 is 0 Å². The molecule has 4 nitrogen and oxygen atoms in total. The number of benzene rings is 3. The van der Waals surface area contributed by atoms with Gasteiger partial charge in [0, 0.05) is 49.9 Å².